The average molecular weight is 831 g/mol. The van der Waals surface area contributed by atoms with E-state index in [9.17, 15) is 19.2 Å². The highest BCUT2D eigenvalue weighted by Crippen LogP contribution is 2.44. The third-order valence-electron chi connectivity index (χ3n) is 12.3. The second kappa shape index (κ2) is 17.3. The highest BCUT2D eigenvalue weighted by atomic mass is 16.5. The molecular formula is C46H54N8O7. The summed E-state index contributed by atoms with van der Waals surface area (Å²) in [6.45, 7) is 8.78. The Morgan fingerprint density at radius 2 is 1.10 bits per heavy atom. The van der Waals surface area contributed by atoms with Gasteiger partial charge < -0.3 is 44.3 Å². The van der Waals surface area contributed by atoms with Crippen molar-refractivity contribution in [2.24, 2.45) is 11.8 Å². The lowest BCUT2D eigenvalue weighted by atomic mass is 9.93. The van der Waals surface area contributed by atoms with Gasteiger partial charge in [0.25, 0.3) is 0 Å². The van der Waals surface area contributed by atoms with Crippen LogP contribution in [0.4, 0.5) is 9.59 Å². The maximum atomic E-state index is 13.9. The molecule has 0 saturated carbocycles. The topological polar surface area (TPSA) is 188 Å². The number of furan rings is 2. The molecule has 6 heterocycles. The van der Waals surface area contributed by atoms with E-state index in [4.69, 9.17) is 23.9 Å². The number of aromatic nitrogens is 4. The summed E-state index contributed by atoms with van der Waals surface area (Å²) in [5.74, 6) is 0.878. The number of nitrogens with one attached hydrogen (secondary N) is 4. The Morgan fingerprint density at radius 3 is 1.61 bits per heavy atom. The number of fused-ring (bicyclic) bond motifs is 5. The maximum Gasteiger partial charge on any atom is 0.407 e. The van der Waals surface area contributed by atoms with Gasteiger partial charge in [-0.2, -0.15) is 0 Å². The first kappa shape index (κ1) is 41.4. The number of likely N-dealkylation sites (tertiary alicyclic amines) is 2. The molecule has 2 bridgehead atoms. The number of hydrogen-bond acceptors (Lipinski definition) is 9. The Morgan fingerprint density at radius 1 is 0.639 bits per heavy atom. The number of benzene rings is 3. The minimum atomic E-state index is -0.719. The van der Waals surface area contributed by atoms with Gasteiger partial charge in [-0.3, -0.25) is 9.59 Å². The van der Waals surface area contributed by atoms with Crippen molar-refractivity contribution in [1.82, 2.24) is 40.4 Å². The average Bonchev–Trinajstić information content (AvgIpc) is 4.13. The van der Waals surface area contributed by atoms with E-state index in [0.717, 1.165) is 99.9 Å². The van der Waals surface area contributed by atoms with Crippen molar-refractivity contribution in [3.05, 3.63) is 72.6 Å². The van der Waals surface area contributed by atoms with Gasteiger partial charge in [0.2, 0.25) is 11.8 Å². The lowest BCUT2D eigenvalue weighted by molar-refractivity contribution is -0.139. The van der Waals surface area contributed by atoms with E-state index in [2.05, 4.69) is 57.0 Å². The van der Waals surface area contributed by atoms with Crippen LogP contribution in [0.2, 0.25) is 0 Å². The van der Waals surface area contributed by atoms with E-state index >= 15 is 0 Å². The van der Waals surface area contributed by atoms with Crippen LogP contribution in [-0.4, -0.2) is 93.1 Å². The van der Waals surface area contributed by atoms with Gasteiger partial charge in [-0.15, -0.1) is 0 Å². The molecule has 4 amide bonds. The molecule has 6 aromatic rings. The van der Waals surface area contributed by atoms with Crippen LogP contribution >= 0.6 is 0 Å². The van der Waals surface area contributed by atoms with Crippen LogP contribution < -0.4 is 10.6 Å². The largest absolute Gasteiger partial charge is 0.456 e. The van der Waals surface area contributed by atoms with Gasteiger partial charge in [-0.1, -0.05) is 64.1 Å². The number of carbonyl (C=O) groups is 4. The number of H-pyrrole nitrogens is 2. The fraction of sp³-hybridized carbons (Fsp3) is 0.435. The fourth-order valence-electron chi connectivity index (χ4n) is 9.03. The highest BCUT2D eigenvalue weighted by Gasteiger charge is 2.38. The predicted octanol–water partition coefficient (Wildman–Crippen LogP) is 8.34. The summed E-state index contributed by atoms with van der Waals surface area (Å²) >= 11 is 0. The number of imidazole rings is 2. The lowest BCUT2D eigenvalue weighted by Crippen LogP contribution is -2.53. The zero-order chi connectivity index (χ0) is 42.9. The number of amides is 4. The molecule has 61 heavy (non-hydrogen) atoms. The van der Waals surface area contributed by atoms with Crippen LogP contribution in [0, 0.1) is 11.8 Å². The van der Waals surface area contributed by atoms with Crippen LogP contribution in [0.5, 0.6) is 0 Å². The van der Waals surface area contributed by atoms with E-state index in [0.29, 0.717) is 18.9 Å². The first-order chi connectivity index (χ1) is 29.5. The van der Waals surface area contributed by atoms with Crippen molar-refractivity contribution >= 4 is 45.9 Å². The summed E-state index contributed by atoms with van der Waals surface area (Å²) in [5.41, 5.74) is 7.19. The molecule has 2 aliphatic heterocycles. The van der Waals surface area contributed by atoms with Crippen LogP contribution in [0.25, 0.3) is 55.6 Å². The number of hydrogen-bond donors (Lipinski definition) is 4. The molecule has 0 aliphatic carbocycles. The van der Waals surface area contributed by atoms with Crippen LogP contribution in [0.15, 0.2) is 65.3 Å². The molecule has 0 unspecified atom stereocenters. The van der Waals surface area contributed by atoms with Crippen LogP contribution in [0.1, 0.15) is 90.0 Å². The molecule has 320 valence electrons. The van der Waals surface area contributed by atoms with E-state index < -0.39 is 24.3 Å². The smallest absolute Gasteiger partial charge is 0.407 e. The van der Waals surface area contributed by atoms with Gasteiger partial charge >= 0.3 is 12.2 Å². The molecule has 2 saturated heterocycles. The molecule has 2 aliphatic rings. The number of rotatable bonds is 11. The summed E-state index contributed by atoms with van der Waals surface area (Å²) in [5, 5.41) is 7.45. The SMILES string of the molecule is COC(=O)N[C@H](C(=O)N1CCCC[C@H]1c1ncc(-c2ccc(-c3ccc(-c4cnc([C@@H]5CCCCN5C(=O)[C@@H](NC(=O)OC)C(C)C)[nH]4)c4c5ccc(o5)c34)cc2)[nH]1)C(C)C. The summed E-state index contributed by atoms with van der Waals surface area (Å²) in [7, 11) is 2.59. The quantitative estimate of drug-likeness (QED) is 0.0995. The third-order valence-corrected chi connectivity index (χ3v) is 12.3. The summed E-state index contributed by atoms with van der Waals surface area (Å²) in [4.78, 5) is 72.2. The predicted molar refractivity (Wildman–Crippen MR) is 230 cm³/mol. The number of ether oxygens (including phenoxy) is 2. The minimum Gasteiger partial charge on any atom is -0.456 e. The van der Waals surface area contributed by atoms with Crippen LogP contribution in [0.3, 0.4) is 0 Å². The van der Waals surface area contributed by atoms with Crippen molar-refractivity contribution in [2.75, 3.05) is 27.3 Å². The van der Waals surface area contributed by atoms with Crippen LogP contribution in [-0.2, 0) is 19.1 Å². The van der Waals surface area contributed by atoms with Crippen molar-refractivity contribution in [1.29, 1.82) is 0 Å². The number of piperidine rings is 2. The summed E-state index contributed by atoms with van der Waals surface area (Å²) in [6, 6.07) is 14.6. The number of nitrogens with zero attached hydrogens (tertiary/aromatic N) is 4. The molecule has 0 radical (unpaired) electrons. The molecule has 4 atom stereocenters. The molecule has 0 spiro atoms. The Kier molecular flexibility index (Phi) is 11.7. The number of methoxy groups -OCH3 is 2. The molecule has 2 fully saturated rings. The third kappa shape index (κ3) is 8.00. The van der Waals surface area contributed by atoms with E-state index in [1.165, 1.54) is 14.2 Å². The van der Waals surface area contributed by atoms with Crippen molar-refractivity contribution in [3.63, 3.8) is 0 Å². The molecule has 4 N–H and O–H groups in total. The Labute approximate surface area is 354 Å². The molecule has 8 rings (SSSR count). The summed E-state index contributed by atoms with van der Waals surface area (Å²) < 4.78 is 15.9. The first-order valence-electron chi connectivity index (χ1n) is 21.3. The van der Waals surface area contributed by atoms with Gasteiger partial charge in [0.05, 0.1) is 50.1 Å². The molecular weight excluding hydrogens is 777 g/mol. The number of alkyl carbamates (subject to hydrolysis) is 2. The molecule has 2 aromatic carbocycles. The molecule has 15 nitrogen and oxygen atoms in total. The van der Waals surface area contributed by atoms with Gasteiger partial charge in [-0.25, -0.2) is 19.6 Å². The summed E-state index contributed by atoms with van der Waals surface area (Å²) in [6.07, 6.45) is 7.58. The van der Waals surface area contributed by atoms with E-state index in [1.807, 2.05) is 62.0 Å². The first-order valence-corrected chi connectivity index (χ1v) is 21.3. The Hall–Kier alpha value is -6.38. The zero-order valence-electron chi connectivity index (χ0n) is 35.5. The Bertz CT molecular complexity index is 2520. The monoisotopic (exact) mass is 830 g/mol. The molecule has 15 heteroatoms. The van der Waals surface area contributed by atoms with Gasteiger partial charge in [0, 0.05) is 29.4 Å². The fourth-order valence-corrected chi connectivity index (χ4v) is 9.03. The van der Waals surface area contributed by atoms with Crippen molar-refractivity contribution in [3.8, 4) is 33.6 Å². The second-order valence-electron chi connectivity index (χ2n) is 16.8. The molecule has 4 aromatic heterocycles. The standard InChI is InChI=1S/C46H54N8O7/c1-25(2)39(51-45(57)59-5)43(55)53-21-9-7-11-33(53)41-47-23-31(49-41)28-15-13-27(14-16-28)29-17-18-30(38-36-20-19-35(61-36)37(29)38)32-24-48-42(50-32)34-12-8-10-22-54(34)44(56)40(26(3)4)52-46(58)60-6/h13-20,23-26,33-34,39-40H,7-12,21-22H2,1-6H3,(H,47,49)(H,48,50)(H,51,57)(H,52,58)/t33-,34-,39-,40-/m0/s1. The normalized spacial score (nSPS) is 18.2. The lowest BCUT2D eigenvalue weighted by Gasteiger charge is -2.37. The van der Waals surface area contributed by atoms with Gasteiger partial charge in [-0.05, 0) is 79.2 Å². The number of carbonyl (C=O) groups excluding carboxylic acids is 4. The van der Waals surface area contributed by atoms with Crippen molar-refractivity contribution in [2.45, 2.75) is 90.4 Å². The van der Waals surface area contributed by atoms with Gasteiger partial charge in [0.15, 0.2) is 0 Å². The highest BCUT2D eigenvalue weighted by molar-refractivity contribution is 6.19. The Balaban J connectivity index is 1.04. The zero-order valence-corrected chi connectivity index (χ0v) is 35.5. The van der Waals surface area contributed by atoms with E-state index in [-0.39, 0.29) is 35.7 Å². The number of aromatic amines is 2. The van der Waals surface area contributed by atoms with Crippen molar-refractivity contribution < 1.29 is 33.1 Å². The minimum absolute atomic E-state index is 0.121. The van der Waals surface area contributed by atoms with Gasteiger partial charge in [0.1, 0.15) is 34.9 Å². The second-order valence-corrected chi connectivity index (χ2v) is 16.8. The maximum absolute atomic E-state index is 13.9. The van der Waals surface area contributed by atoms with E-state index in [1.54, 1.807) is 0 Å².